The Balaban J connectivity index is 1.69. The molecule has 0 bridgehead atoms. The summed E-state index contributed by atoms with van der Waals surface area (Å²) in [6.07, 6.45) is 2.61. The van der Waals surface area contributed by atoms with E-state index in [1.54, 1.807) is 23.5 Å². The smallest absolute Gasteiger partial charge is 0.230 e. The van der Waals surface area contributed by atoms with Gasteiger partial charge in [-0.3, -0.25) is 15.0 Å². The van der Waals surface area contributed by atoms with Gasteiger partial charge < -0.3 is 15.8 Å². The van der Waals surface area contributed by atoms with E-state index in [0.29, 0.717) is 31.0 Å². The van der Waals surface area contributed by atoms with Gasteiger partial charge in [-0.1, -0.05) is 36.4 Å². The van der Waals surface area contributed by atoms with Gasteiger partial charge in [-0.25, -0.2) is 0 Å². The molecule has 0 spiro atoms. The first-order valence-electron chi connectivity index (χ1n) is 10.3. The molecule has 2 rings (SSSR count). The minimum atomic E-state index is -0.00890. The maximum absolute atomic E-state index is 12.3. The average molecular weight is 485 g/mol. The summed E-state index contributed by atoms with van der Waals surface area (Å²) in [7, 11) is 1.88. The van der Waals surface area contributed by atoms with Crippen molar-refractivity contribution in [3.63, 3.8) is 0 Å². The Morgan fingerprint density at radius 3 is 3.03 bits per heavy atom. The molecule has 0 saturated carbocycles. The van der Waals surface area contributed by atoms with Gasteiger partial charge in [0, 0.05) is 43.3 Å². The Hall–Kier alpha value is -1.16. The molecule has 2 atom stereocenters. The van der Waals surface area contributed by atoms with Gasteiger partial charge in [0.05, 0.1) is 18.5 Å². The fourth-order valence-corrected chi connectivity index (χ4v) is 4.96. The molecule has 0 aliphatic carbocycles. The lowest BCUT2D eigenvalue weighted by molar-refractivity contribution is -0.119. The number of ether oxygens (including phenoxy) is 1. The first kappa shape index (κ1) is 26.1. The van der Waals surface area contributed by atoms with E-state index in [1.165, 1.54) is 5.56 Å². The van der Waals surface area contributed by atoms with Crippen LogP contribution in [0.25, 0.3) is 0 Å². The van der Waals surface area contributed by atoms with Crippen molar-refractivity contribution in [1.82, 2.24) is 15.5 Å². The SMILES string of the molecule is C=C(N)C/C=C/SC(NC)SCC(=O)NCC1CN(Cc2ccc(C)c(Cl)c2)CCO1. The van der Waals surface area contributed by atoms with Crippen LogP contribution in [0, 0.1) is 6.92 Å². The highest BCUT2D eigenvalue weighted by Crippen LogP contribution is 2.22. The molecular weight excluding hydrogens is 452 g/mol. The molecule has 6 nitrogen and oxygen atoms in total. The fraction of sp³-hybridized carbons (Fsp3) is 0.500. The van der Waals surface area contributed by atoms with Crippen molar-refractivity contribution in [2.75, 3.05) is 39.0 Å². The third-order valence-corrected chi connectivity index (χ3v) is 7.62. The summed E-state index contributed by atoms with van der Waals surface area (Å²) in [4.78, 5) is 14.6. The highest BCUT2D eigenvalue weighted by atomic mass is 35.5. The van der Waals surface area contributed by atoms with Crippen molar-refractivity contribution in [2.24, 2.45) is 5.73 Å². The predicted molar refractivity (Wildman–Crippen MR) is 134 cm³/mol. The van der Waals surface area contributed by atoms with Gasteiger partial charge in [0.2, 0.25) is 5.91 Å². The predicted octanol–water partition coefficient (Wildman–Crippen LogP) is 3.31. The van der Waals surface area contributed by atoms with E-state index in [9.17, 15) is 4.79 Å². The number of hydrogen-bond donors (Lipinski definition) is 3. The molecular formula is C22H33ClN4O2S2. The van der Waals surface area contributed by atoms with E-state index in [-0.39, 0.29) is 16.7 Å². The zero-order valence-corrected chi connectivity index (χ0v) is 20.6. The number of nitrogens with zero attached hydrogens (tertiary/aromatic N) is 1. The minimum Gasteiger partial charge on any atom is -0.402 e. The summed E-state index contributed by atoms with van der Waals surface area (Å²) >= 11 is 9.40. The summed E-state index contributed by atoms with van der Waals surface area (Å²) in [6.45, 7) is 9.33. The van der Waals surface area contributed by atoms with Crippen LogP contribution in [-0.4, -0.2) is 60.7 Å². The van der Waals surface area contributed by atoms with Crippen molar-refractivity contribution in [1.29, 1.82) is 0 Å². The number of benzene rings is 1. The van der Waals surface area contributed by atoms with E-state index >= 15 is 0 Å². The second kappa shape index (κ2) is 14.1. The highest BCUT2D eigenvalue weighted by Gasteiger charge is 2.21. The van der Waals surface area contributed by atoms with Crippen molar-refractivity contribution in [2.45, 2.75) is 30.7 Å². The van der Waals surface area contributed by atoms with Gasteiger partial charge in [0.25, 0.3) is 0 Å². The van der Waals surface area contributed by atoms with Crippen LogP contribution in [0.15, 0.2) is 42.0 Å². The maximum atomic E-state index is 12.3. The van der Waals surface area contributed by atoms with Crippen LogP contribution in [0.5, 0.6) is 0 Å². The molecule has 9 heteroatoms. The number of carbonyl (C=O) groups excluding carboxylic acids is 1. The minimum absolute atomic E-state index is 0.00890. The number of halogens is 1. The van der Waals surface area contributed by atoms with E-state index in [2.05, 4.69) is 34.2 Å². The Labute approximate surface area is 199 Å². The summed E-state index contributed by atoms with van der Waals surface area (Å²) < 4.78 is 5.93. The summed E-state index contributed by atoms with van der Waals surface area (Å²) in [5.41, 5.74) is 8.46. The molecule has 1 heterocycles. The molecule has 1 saturated heterocycles. The summed E-state index contributed by atoms with van der Waals surface area (Å²) in [5, 5.41) is 8.97. The van der Waals surface area contributed by atoms with Crippen LogP contribution in [0.3, 0.4) is 0 Å². The number of rotatable bonds is 12. The molecule has 1 fully saturated rings. The zero-order valence-electron chi connectivity index (χ0n) is 18.2. The number of carbonyl (C=O) groups is 1. The number of nitrogens with two attached hydrogens (primary N) is 1. The lowest BCUT2D eigenvalue weighted by Gasteiger charge is -2.33. The van der Waals surface area contributed by atoms with Crippen LogP contribution in [0.2, 0.25) is 5.02 Å². The third-order valence-electron chi connectivity index (χ3n) is 4.67. The molecule has 1 aromatic rings. The Morgan fingerprint density at radius 2 is 2.32 bits per heavy atom. The second-order valence-corrected chi connectivity index (χ2v) is 10.2. The summed E-state index contributed by atoms with van der Waals surface area (Å²) in [6, 6.07) is 6.19. The number of thioether (sulfide) groups is 2. The van der Waals surface area contributed by atoms with Crippen molar-refractivity contribution in [3.8, 4) is 0 Å². The topological polar surface area (TPSA) is 79.6 Å². The monoisotopic (exact) mass is 484 g/mol. The van der Waals surface area contributed by atoms with Crippen LogP contribution in [-0.2, 0) is 16.1 Å². The van der Waals surface area contributed by atoms with Gasteiger partial charge in [0.1, 0.15) is 4.71 Å². The molecule has 1 aliphatic heterocycles. The number of nitrogens with one attached hydrogen (secondary N) is 2. The van der Waals surface area contributed by atoms with Crippen LogP contribution < -0.4 is 16.4 Å². The molecule has 0 aromatic heterocycles. The van der Waals surface area contributed by atoms with Crippen molar-refractivity contribution >= 4 is 41.0 Å². The van der Waals surface area contributed by atoms with Gasteiger partial charge in [0.15, 0.2) is 0 Å². The molecule has 1 aliphatic rings. The van der Waals surface area contributed by atoms with Gasteiger partial charge in [-0.05, 0) is 36.6 Å². The van der Waals surface area contributed by atoms with Crippen molar-refractivity contribution < 1.29 is 9.53 Å². The number of morpholine rings is 1. The molecule has 1 amide bonds. The first-order chi connectivity index (χ1) is 14.9. The van der Waals surface area contributed by atoms with E-state index < -0.39 is 0 Å². The lowest BCUT2D eigenvalue weighted by atomic mass is 10.1. The van der Waals surface area contributed by atoms with Crippen LogP contribution >= 0.6 is 35.1 Å². The van der Waals surface area contributed by atoms with E-state index in [1.807, 2.05) is 31.5 Å². The second-order valence-electron chi connectivity index (χ2n) is 7.42. The number of aryl methyl sites for hydroxylation is 1. The zero-order chi connectivity index (χ0) is 22.6. The molecule has 31 heavy (non-hydrogen) atoms. The lowest BCUT2D eigenvalue weighted by Crippen LogP contribution is -2.47. The Kier molecular flexibility index (Phi) is 11.9. The Morgan fingerprint density at radius 1 is 1.52 bits per heavy atom. The van der Waals surface area contributed by atoms with Gasteiger partial charge in [-0.15, -0.1) is 23.5 Å². The van der Waals surface area contributed by atoms with Crippen LogP contribution in [0.1, 0.15) is 17.5 Å². The van der Waals surface area contributed by atoms with Crippen molar-refractivity contribution in [3.05, 3.63) is 58.1 Å². The highest BCUT2D eigenvalue weighted by molar-refractivity contribution is 8.18. The third kappa shape index (κ3) is 10.3. The maximum Gasteiger partial charge on any atom is 0.230 e. The van der Waals surface area contributed by atoms with E-state index in [4.69, 9.17) is 22.1 Å². The number of hydrogen-bond acceptors (Lipinski definition) is 7. The Bertz CT molecular complexity index is 763. The average Bonchev–Trinajstić information content (AvgIpc) is 2.74. The molecule has 172 valence electrons. The summed E-state index contributed by atoms with van der Waals surface area (Å²) in [5.74, 6) is 0.394. The van der Waals surface area contributed by atoms with Gasteiger partial charge in [-0.2, -0.15) is 0 Å². The quantitative estimate of drug-likeness (QED) is 0.393. The normalized spacial score (nSPS) is 18.2. The number of allylic oxidation sites excluding steroid dienone is 1. The largest absolute Gasteiger partial charge is 0.402 e. The molecule has 2 unspecified atom stereocenters. The van der Waals surface area contributed by atoms with Gasteiger partial charge >= 0.3 is 0 Å². The molecule has 4 N–H and O–H groups in total. The van der Waals surface area contributed by atoms with Crippen LogP contribution in [0.4, 0.5) is 0 Å². The first-order valence-corrected chi connectivity index (χ1v) is 12.6. The standard InChI is InChI=1S/C22H33ClN4O2S2/c1-16-6-7-18(11-20(16)23)13-27-8-9-29-19(14-27)12-26-21(28)15-31-22(25-3)30-10-4-5-17(2)24/h4,6-7,10-11,19,22,25H,2,5,8-9,12-15,24H2,1,3H3,(H,26,28)/b10-4+. The fourth-order valence-electron chi connectivity index (χ4n) is 2.99. The van der Waals surface area contributed by atoms with E-state index in [0.717, 1.165) is 30.2 Å². The number of amides is 1. The molecule has 0 radical (unpaired) electrons. The molecule has 1 aromatic carbocycles.